The largest absolute Gasteiger partial charge is 0.497 e. The summed E-state index contributed by atoms with van der Waals surface area (Å²) >= 11 is 0. The van der Waals surface area contributed by atoms with Gasteiger partial charge in [0, 0.05) is 25.2 Å². The predicted octanol–water partition coefficient (Wildman–Crippen LogP) is 3.57. The Balaban J connectivity index is 1.73. The second-order valence-corrected chi connectivity index (χ2v) is 7.50. The first-order chi connectivity index (χ1) is 11.8. The van der Waals surface area contributed by atoms with Crippen LogP contribution in [-0.4, -0.2) is 43.3 Å². The highest BCUT2D eigenvalue weighted by molar-refractivity contribution is 5.68. The summed E-state index contributed by atoms with van der Waals surface area (Å²) in [5.41, 5.74) is 0.140. The zero-order chi connectivity index (χ0) is 18.4. The topological polar surface area (TPSA) is 50.8 Å². The van der Waals surface area contributed by atoms with Crippen LogP contribution in [0.15, 0.2) is 18.2 Å². The van der Waals surface area contributed by atoms with Gasteiger partial charge in [0.05, 0.1) is 7.11 Å². The maximum absolute atomic E-state index is 13.8. The van der Waals surface area contributed by atoms with Gasteiger partial charge in [0.25, 0.3) is 0 Å². The molecule has 0 saturated carbocycles. The first-order valence-corrected chi connectivity index (χ1v) is 8.79. The van der Waals surface area contributed by atoms with Gasteiger partial charge in [-0.05, 0) is 64.3 Å². The molecule has 0 radical (unpaired) electrons. The van der Waals surface area contributed by atoms with Crippen LogP contribution < -0.4 is 10.1 Å². The fourth-order valence-corrected chi connectivity index (χ4v) is 2.87. The lowest BCUT2D eigenvalue weighted by Crippen LogP contribution is -2.43. The number of halogens is 1. The van der Waals surface area contributed by atoms with Gasteiger partial charge >= 0.3 is 6.09 Å². The number of hydrogen-bond acceptors (Lipinski definition) is 4. The number of amides is 1. The molecule has 1 amide bonds. The summed E-state index contributed by atoms with van der Waals surface area (Å²) in [7, 11) is 1.57. The van der Waals surface area contributed by atoms with E-state index in [2.05, 4.69) is 5.32 Å². The van der Waals surface area contributed by atoms with Crippen molar-refractivity contribution in [1.29, 1.82) is 0 Å². The van der Waals surface area contributed by atoms with Crippen LogP contribution in [0.4, 0.5) is 9.18 Å². The second kappa shape index (κ2) is 8.52. The van der Waals surface area contributed by atoms with Gasteiger partial charge in [-0.2, -0.15) is 0 Å². The van der Waals surface area contributed by atoms with Gasteiger partial charge in [-0.15, -0.1) is 0 Å². The van der Waals surface area contributed by atoms with Crippen LogP contribution in [0.25, 0.3) is 0 Å². The monoisotopic (exact) mass is 352 g/mol. The first kappa shape index (κ1) is 19.5. The van der Waals surface area contributed by atoms with E-state index in [0.29, 0.717) is 36.9 Å². The first-order valence-electron chi connectivity index (χ1n) is 8.79. The van der Waals surface area contributed by atoms with Crippen LogP contribution in [0.3, 0.4) is 0 Å². The molecule has 25 heavy (non-hydrogen) atoms. The predicted molar refractivity (Wildman–Crippen MR) is 95.2 cm³/mol. The van der Waals surface area contributed by atoms with Crippen LogP contribution in [0.5, 0.6) is 5.75 Å². The van der Waals surface area contributed by atoms with E-state index in [1.165, 1.54) is 6.07 Å². The van der Waals surface area contributed by atoms with E-state index in [1.54, 1.807) is 24.1 Å². The van der Waals surface area contributed by atoms with Gasteiger partial charge < -0.3 is 19.7 Å². The number of nitrogens with zero attached hydrogens (tertiary/aromatic N) is 1. The highest BCUT2D eigenvalue weighted by Gasteiger charge is 2.26. The number of piperidine rings is 1. The van der Waals surface area contributed by atoms with Crippen LogP contribution in [0, 0.1) is 11.7 Å². The molecule has 5 nitrogen and oxygen atoms in total. The Labute approximate surface area is 149 Å². The molecule has 2 rings (SSSR count). The Bertz CT molecular complexity index is 579. The van der Waals surface area contributed by atoms with Crippen molar-refractivity contribution in [2.75, 3.05) is 26.7 Å². The summed E-state index contributed by atoms with van der Waals surface area (Å²) < 4.78 is 24.3. The van der Waals surface area contributed by atoms with Gasteiger partial charge in [0.1, 0.15) is 17.2 Å². The summed E-state index contributed by atoms with van der Waals surface area (Å²) in [6, 6.07) is 4.76. The number of rotatable bonds is 5. The third kappa shape index (κ3) is 6.20. The Kier molecular flexibility index (Phi) is 6.64. The normalized spacial score (nSPS) is 16.0. The molecule has 1 saturated heterocycles. The lowest BCUT2D eigenvalue weighted by atomic mass is 9.97. The third-order valence-electron chi connectivity index (χ3n) is 4.27. The summed E-state index contributed by atoms with van der Waals surface area (Å²) in [6.45, 7) is 8.30. The Morgan fingerprint density at radius 3 is 2.60 bits per heavy atom. The van der Waals surface area contributed by atoms with E-state index < -0.39 is 5.60 Å². The maximum Gasteiger partial charge on any atom is 0.410 e. The van der Waals surface area contributed by atoms with E-state index in [0.717, 1.165) is 19.4 Å². The molecule has 1 aliphatic rings. The average molecular weight is 352 g/mol. The quantitative estimate of drug-likeness (QED) is 0.880. The van der Waals surface area contributed by atoms with Gasteiger partial charge in [0.15, 0.2) is 0 Å². The van der Waals surface area contributed by atoms with Crippen LogP contribution in [-0.2, 0) is 11.3 Å². The van der Waals surface area contributed by atoms with Crippen molar-refractivity contribution in [3.63, 3.8) is 0 Å². The molecular formula is C19H29FN2O3. The Morgan fingerprint density at radius 1 is 1.32 bits per heavy atom. The molecule has 0 aliphatic carbocycles. The SMILES string of the molecule is COc1ccc(F)c(CNCC2CCN(C(=O)OC(C)(C)C)CC2)c1. The van der Waals surface area contributed by atoms with E-state index >= 15 is 0 Å². The standard InChI is InChI=1S/C19H29FN2O3/c1-19(2,3)25-18(23)22-9-7-14(8-10-22)12-21-13-15-11-16(24-4)5-6-17(15)20/h5-6,11,14,21H,7-10,12-13H2,1-4H3. The summed E-state index contributed by atoms with van der Waals surface area (Å²) in [5, 5.41) is 3.32. The molecule has 1 heterocycles. The molecule has 140 valence electrons. The van der Waals surface area contributed by atoms with Crippen LogP contribution >= 0.6 is 0 Å². The molecule has 1 aromatic carbocycles. The highest BCUT2D eigenvalue weighted by Crippen LogP contribution is 2.20. The molecule has 0 spiro atoms. The molecule has 0 aromatic heterocycles. The van der Waals surface area contributed by atoms with Gasteiger partial charge in [-0.1, -0.05) is 0 Å². The van der Waals surface area contributed by atoms with Crippen LogP contribution in [0.2, 0.25) is 0 Å². The smallest absolute Gasteiger partial charge is 0.410 e. The van der Waals surface area contributed by atoms with E-state index in [9.17, 15) is 9.18 Å². The summed E-state index contributed by atoms with van der Waals surface area (Å²) in [5.74, 6) is 0.907. The molecule has 6 heteroatoms. The second-order valence-electron chi connectivity index (χ2n) is 7.50. The van der Waals surface area contributed by atoms with Crippen LogP contribution in [0.1, 0.15) is 39.2 Å². The Morgan fingerprint density at radius 2 is 2.00 bits per heavy atom. The number of carbonyl (C=O) groups is 1. The van der Waals surface area contributed by atoms with E-state index in [1.807, 2.05) is 20.8 Å². The lowest BCUT2D eigenvalue weighted by Gasteiger charge is -2.33. The number of likely N-dealkylation sites (tertiary alicyclic amines) is 1. The van der Waals surface area contributed by atoms with Crippen molar-refractivity contribution >= 4 is 6.09 Å². The number of benzene rings is 1. The number of ether oxygens (including phenoxy) is 2. The minimum Gasteiger partial charge on any atom is -0.497 e. The molecule has 0 bridgehead atoms. The lowest BCUT2D eigenvalue weighted by molar-refractivity contribution is 0.0184. The molecular weight excluding hydrogens is 323 g/mol. The van der Waals surface area contributed by atoms with Crippen molar-refractivity contribution in [3.05, 3.63) is 29.6 Å². The maximum atomic E-state index is 13.8. The van der Waals surface area contributed by atoms with Gasteiger partial charge in [-0.3, -0.25) is 0 Å². The molecule has 1 N–H and O–H groups in total. The molecule has 1 aliphatic heterocycles. The van der Waals surface area contributed by atoms with Crippen molar-refractivity contribution in [2.24, 2.45) is 5.92 Å². The molecule has 0 unspecified atom stereocenters. The summed E-state index contributed by atoms with van der Waals surface area (Å²) in [4.78, 5) is 13.8. The number of nitrogens with one attached hydrogen (secondary N) is 1. The fourth-order valence-electron chi connectivity index (χ4n) is 2.87. The minimum absolute atomic E-state index is 0.229. The van der Waals surface area contributed by atoms with Gasteiger partial charge in [-0.25, -0.2) is 9.18 Å². The highest BCUT2D eigenvalue weighted by atomic mass is 19.1. The summed E-state index contributed by atoms with van der Waals surface area (Å²) in [6.07, 6.45) is 1.61. The number of methoxy groups -OCH3 is 1. The van der Waals surface area contributed by atoms with Gasteiger partial charge in [0.2, 0.25) is 0 Å². The van der Waals surface area contributed by atoms with E-state index in [4.69, 9.17) is 9.47 Å². The number of hydrogen-bond donors (Lipinski definition) is 1. The average Bonchev–Trinajstić information content (AvgIpc) is 2.55. The number of carbonyl (C=O) groups excluding carboxylic acids is 1. The van der Waals surface area contributed by atoms with E-state index in [-0.39, 0.29) is 11.9 Å². The van der Waals surface area contributed by atoms with Crippen molar-refractivity contribution in [1.82, 2.24) is 10.2 Å². The third-order valence-corrected chi connectivity index (χ3v) is 4.27. The fraction of sp³-hybridized carbons (Fsp3) is 0.632. The zero-order valence-corrected chi connectivity index (χ0v) is 15.6. The zero-order valence-electron chi connectivity index (χ0n) is 15.6. The van der Waals surface area contributed by atoms with Crippen molar-refractivity contribution < 1.29 is 18.7 Å². The molecule has 0 atom stereocenters. The molecule has 1 fully saturated rings. The molecule has 1 aromatic rings. The van der Waals surface area contributed by atoms with Crippen molar-refractivity contribution in [3.8, 4) is 5.75 Å². The minimum atomic E-state index is -0.462. The Hall–Kier alpha value is -1.82. The van der Waals surface area contributed by atoms with Crippen molar-refractivity contribution in [2.45, 2.75) is 45.8 Å².